The molecule has 0 radical (unpaired) electrons. The standard InChI is InChI=1S/C7H10O/c8-7-4-5-1-2-6(7)3-5/h4,6-8H,1-3H2/t6-,7-/m0/s1. The summed E-state index contributed by atoms with van der Waals surface area (Å²) in [4.78, 5) is 0. The maximum absolute atomic E-state index is 9.14. The van der Waals surface area contributed by atoms with Crippen LogP contribution in [-0.2, 0) is 0 Å². The lowest BCUT2D eigenvalue weighted by molar-refractivity contribution is 0.163. The van der Waals surface area contributed by atoms with Gasteiger partial charge in [-0.25, -0.2) is 0 Å². The van der Waals surface area contributed by atoms with Crippen LogP contribution in [0.15, 0.2) is 11.6 Å². The predicted octanol–water partition coefficient (Wildman–Crippen LogP) is 1.09. The molecule has 2 aliphatic rings. The zero-order valence-electron chi connectivity index (χ0n) is 4.80. The molecule has 2 aliphatic carbocycles. The van der Waals surface area contributed by atoms with E-state index in [-0.39, 0.29) is 6.10 Å². The van der Waals surface area contributed by atoms with Crippen LogP contribution in [0.5, 0.6) is 0 Å². The molecular weight excluding hydrogens is 100 g/mol. The maximum Gasteiger partial charge on any atom is 0.0754 e. The highest BCUT2D eigenvalue weighted by atomic mass is 16.3. The third kappa shape index (κ3) is 0.451. The van der Waals surface area contributed by atoms with Gasteiger partial charge in [0.2, 0.25) is 0 Å². The minimum Gasteiger partial charge on any atom is -0.389 e. The van der Waals surface area contributed by atoms with Crippen LogP contribution in [0, 0.1) is 5.92 Å². The van der Waals surface area contributed by atoms with Gasteiger partial charge in [-0.05, 0) is 25.2 Å². The van der Waals surface area contributed by atoms with Gasteiger partial charge in [-0.15, -0.1) is 0 Å². The molecule has 2 rings (SSSR count). The summed E-state index contributed by atoms with van der Waals surface area (Å²) < 4.78 is 0. The van der Waals surface area contributed by atoms with Crippen LogP contribution < -0.4 is 0 Å². The molecule has 1 fully saturated rings. The fraction of sp³-hybridized carbons (Fsp3) is 0.714. The molecule has 0 aromatic carbocycles. The third-order valence-corrected chi connectivity index (χ3v) is 2.25. The number of aliphatic hydroxyl groups is 1. The van der Waals surface area contributed by atoms with Crippen LogP contribution in [0.3, 0.4) is 0 Å². The van der Waals surface area contributed by atoms with Crippen LogP contribution in [0.1, 0.15) is 19.3 Å². The molecule has 0 aliphatic heterocycles. The second-order valence-corrected chi connectivity index (χ2v) is 2.82. The van der Waals surface area contributed by atoms with Crippen LogP contribution in [0.2, 0.25) is 0 Å². The van der Waals surface area contributed by atoms with Crippen molar-refractivity contribution in [2.75, 3.05) is 0 Å². The molecule has 44 valence electrons. The number of aliphatic hydroxyl groups excluding tert-OH is 1. The highest BCUT2D eigenvalue weighted by molar-refractivity contribution is 5.19. The normalized spacial score (nSPS) is 42.9. The Kier molecular flexibility index (Phi) is 0.770. The van der Waals surface area contributed by atoms with Crippen LogP contribution >= 0.6 is 0 Å². The van der Waals surface area contributed by atoms with Crippen molar-refractivity contribution in [1.29, 1.82) is 0 Å². The zero-order chi connectivity index (χ0) is 5.56. The van der Waals surface area contributed by atoms with Gasteiger partial charge in [-0.1, -0.05) is 11.6 Å². The summed E-state index contributed by atoms with van der Waals surface area (Å²) in [6, 6.07) is 0. The number of rotatable bonds is 0. The number of fused-ring (bicyclic) bond motifs is 2. The molecule has 0 heterocycles. The maximum atomic E-state index is 9.14. The molecule has 0 spiro atoms. The quantitative estimate of drug-likeness (QED) is 0.463. The molecule has 1 saturated carbocycles. The van der Waals surface area contributed by atoms with E-state index in [0.29, 0.717) is 5.92 Å². The summed E-state index contributed by atoms with van der Waals surface area (Å²) in [5, 5.41) is 9.14. The van der Waals surface area contributed by atoms with E-state index in [4.69, 9.17) is 5.11 Å². The summed E-state index contributed by atoms with van der Waals surface area (Å²) in [5.41, 5.74) is 1.49. The Balaban J connectivity index is 2.28. The minimum atomic E-state index is -0.0845. The summed E-state index contributed by atoms with van der Waals surface area (Å²) in [6.45, 7) is 0. The van der Waals surface area contributed by atoms with Gasteiger partial charge < -0.3 is 5.11 Å². The van der Waals surface area contributed by atoms with Gasteiger partial charge in [0.15, 0.2) is 0 Å². The molecule has 0 aromatic heterocycles. The van der Waals surface area contributed by atoms with Gasteiger partial charge in [-0.2, -0.15) is 0 Å². The summed E-state index contributed by atoms with van der Waals surface area (Å²) in [7, 11) is 0. The van der Waals surface area contributed by atoms with E-state index < -0.39 is 0 Å². The van der Waals surface area contributed by atoms with Gasteiger partial charge >= 0.3 is 0 Å². The van der Waals surface area contributed by atoms with E-state index in [9.17, 15) is 0 Å². The molecule has 1 nitrogen and oxygen atoms in total. The molecule has 8 heavy (non-hydrogen) atoms. The monoisotopic (exact) mass is 110 g/mol. The van der Waals surface area contributed by atoms with Gasteiger partial charge in [0.25, 0.3) is 0 Å². The Morgan fingerprint density at radius 3 is 2.75 bits per heavy atom. The average molecular weight is 110 g/mol. The van der Waals surface area contributed by atoms with Crippen molar-refractivity contribution in [3.05, 3.63) is 11.6 Å². The van der Waals surface area contributed by atoms with Crippen molar-refractivity contribution >= 4 is 0 Å². The Morgan fingerprint density at radius 2 is 2.50 bits per heavy atom. The molecule has 0 unspecified atom stereocenters. The Labute approximate surface area is 49.0 Å². The van der Waals surface area contributed by atoms with E-state index in [0.717, 1.165) is 0 Å². The smallest absolute Gasteiger partial charge is 0.0754 e. The topological polar surface area (TPSA) is 20.2 Å². The molecule has 0 amide bonds. The highest BCUT2D eigenvalue weighted by Crippen LogP contribution is 2.39. The van der Waals surface area contributed by atoms with Crippen molar-refractivity contribution in [2.45, 2.75) is 25.4 Å². The number of allylic oxidation sites excluding steroid dienone is 1. The molecule has 2 atom stereocenters. The van der Waals surface area contributed by atoms with E-state index in [2.05, 4.69) is 0 Å². The third-order valence-electron chi connectivity index (χ3n) is 2.25. The first-order valence-corrected chi connectivity index (χ1v) is 3.24. The number of hydrogen-bond donors (Lipinski definition) is 1. The van der Waals surface area contributed by atoms with Crippen molar-refractivity contribution in [3.8, 4) is 0 Å². The SMILES string of the molecule is O[C@H]1C=C2CC[C@H]1C2. The van der Waals surface area contributed by atoms with Gasteiger partial charge in [0, 0.05) is 0 Å². The fourth-order valence-corrected chi connectivity index (χ4v) is 1.73. The van der Waals surface area contributed by atoms with Crippen molar-refractivity contribution < 1.29 is 5.11 Å². The van der Waals surface area contributed by atoms with Crippen LogP contribution in [-0.4, -0.2) is 11.2 Å². The van der Waals surface area contributed by atoms with Crippen molar-refractivity contribution in [3.63, 3.8) is 0 Å². The van der Waals surface area contributed by atoms with E-state index in [1.54, 1.807) is 0 Å². The van der Waals surface area contributed by atoms with Gasteiger partial charge in [-0.3, -0.25) is 0 Å². The Bertz CT molecular complexity index is 137. The first-order valence-electron chi connectivity index (χ1n) is 3.24. The summed E-state index contributed by atoms with van der Waals surface area (Å²) >= 11 is 0. The average Bonchev–Trinajstić information content (AvgIpc) is 2.23. The highest BCUT2D eigenvalue weighted by Gasteiger charge is 2.30. The molecule has 2 bridgehead atoms. The largest absolute Gasteiger partial charge is 0.389 e. The Hall–Kier alpha value is -0.300. The first-order chi connectivity index (χ1) is 3.86. The lowest BCUT2D eigenvalue weighted by Gasteiger charge is -2.09. The molecule has 1 N–H and O–H groups in total. The van der Waals surface area contributed by atoms with Gasteiger partial charge in [0.1, 0.15) is 0 Å². The predicted molar refractivity (Wildman–Crippen MR) is 31.4 cm³/mol. The summed E-state index contributed by atoms with van der Waals surface area (Å²) in [6.07, 6.45) is 5.60. The van der Waals surface area contributed by atoms with Gasteiger partial charge in [0.05, 0.1) is 6.10 Å². The van der Waals surface area contributed by atoms with E-state index >= 15 is 0 Å². The molecular formula is C7H10O. The van der Waals surface area contributed by atoms with E-state index in [1.165, 1.54) is 24.8 Å². The lowest BCUT2D eigenvalue weighted by atomic mass is 10.0. The second kappa shape index (κ2) is 1.35. The zero-order valence-corrected chi connectivity index (χ0v) is 4.80. The Morgan fingerprint density at radius 1 is 1.62 bits per heavy atom. The minimum absolute atomic E-state index is 0.0845. The van der Waals surface area contributed by atoms with Crippen LogP contribution in [0.4, 0.5) is 0 Å². The second-order valence-electron chi connectivity index (χ2n) is 2.82. The first kappa shape index (κ1) is 4.57. The van der Waals surface area contributed by atoms with Crippen molar-refractivity contribution in [1.82, 2.24) is 0 Å². The number of hydrogen-bond acceptors (Lipinski definition) is 1. The molecule has 0 saturated heterocycles. The molecule has 0 aromatic rings. The van der Waals surface area contributed by atoms with Crippen LogP contribution in [0.25, 0.3) is 0 Å². The summed E-state index contributed by atoms with van der Waals surface area (Å²) in [5.74, 6) is 0.602. The van der Waals surface area contributed by atoms with Crippen molar-refractivity contribution in [2.24, 2.45) is 5.92 Å². The lowest BCUT2D eigenvalue weighted by Crippen LogP contribution is -2.11. The fourth-order valence-electron chi connectivity index (χ4n) is 1.73. The van der Waals surface area contributed by atoms with E-state index in [1.807, 2.05) is 6.08 Å². The molecule has 1 heteroatoms.